The fourth-order valence-electron chi connectivity index (χ4n) is 4.67. The van der Waals surface area contributed by atoms with E-state index in [0.717, 1.165) is 11.8 Å². The van der Waals surface area contributed by atoms with Crippen molar-refractivity contribution in [2.45, 2.75) is 31.4 Å². The zero-order valence-electron chi connectivity index (χ0n) is 21.1. The summed E-state index contributed by atoms with van der Waals surface area (Å²) in [5, 5.41) is 4.52. The molecule has 0 aliphatic carbocycles. The number of carbonyl (C=O) groups is 1. The zero-order valence-corrected chi connectivity index (χ0v) is 22.0. The summed E-state index contributed by atoms with van der Waals surface area (Å²) < 4.78 is 46.9. The molecule has 1 N–H and O–H groups in total. The first-order chi connectivity index (χ1) is 17.9. The van der Waals surface area contributed by atoms with Crippen molar-refractivity contribution < 1.29 is 22.3 Å². The SMILES string of the molecule is Cc1nn(C)c(-c2ccc(=O)[nH]c2)c1CN1C(=O)[C@@H](C)Oc2c(F)cc(-c3cccc(S(C)(=O)=O)c3)cc21. The van der Waals surface area contributed by atoms with Crippen LogP contribution in [0, 0.1) is 12.7 Å². The first-order valence-electron chi connectivity index (χ1n) is 11.8. The van der Waals surface area contributed by atoms with E-state index in [0.29, 0.717) is 28.1 Å². The minimum absolute atomic E-state index is 0.0627. The third kappa shape index (κ3) is 4.49. The highest BCUT2D eigenvalue weighted by Gasteiger charge is 2.35. The number of aromatic nitrogens is 3. The molecule has 1 aliphatic heterocycles. The number of hydrogen-bond donors (Lipinski definition) is 1. The number of H-pyrrole nitrogens is 1. The smallest absolute Gasteiger partial charge is 0.268 e. The van der Waals surface area contributed by atoms with Gasteiger partial charge in [0.2, 0.25) is 5.56 Å². The minimum atomic E-state index is -3.48. The van der Waals surface area contributed by atoms with Gasteiger partial charge in [0.1, 0.15) is 0 Å². The number of benzene rings is 2. The topological polar surface area (TPSA) is 114 Å². The monoisotopic (exact) mass is 536 g/mol. The van der Waals surface area contributed by atoms with Crippen molar-refractivity contribution in [2.75, 3.05) is 11.2 Å². The molecule has 1 atom stereocenters. The molecule has 1 aliphatic rings. The van der Waals surface area contributed by atoms with E-state index in [1.54, 1.807) is 49.1 Å². The Morgan fingerprint density at radius 2 is 1.84 bits per heavy atom. The van der Waals surface area contributed by atoms with Gasteiger partial charge >= 0.3 is 0 Å². The molecular weight excluding hydrogens is 511 g/mol. The van der Waals surface area contributed by atoms with Gasteiger partial charge < -0.3 is 14.6 Å². The summed E-state index contributed by atoms with van der Waals surface area (Å²) >= 11 is 0. The Morgan fingerprint density at radius 1 is 1.08 bits per heavy atom. The van der Waals surface area contributed by atoms with Gasteiger partial charge in [0, 0.05) is 36.7 Å². The summed E-state index contributed by atoms with van der Waals surface area (Å²) in [4.78, 5) is 29.2. The standard InChI is InChI=1S/C27H25FN4O5S/c1-15-21(25(31(3)30-15)18-8-9-24(33)29-13-18)14-32-23-12-19(11-22(28)26(23)37-16(2)27(32)34)17-6-5-7-20(10-17)38(4,35)36/h5-13,16H,14H2,1-4H3,(H,29,33)/t16-/m1/s1. The number of aryl methyl sites for hydroxylation is 2. The number of anilines is 1. The highest BCUT2D eigenvalue weighted by atomic mass is 32.2. The first-order valence-corrected chi connectivity index (χ1v) is 13.7. The van der Waals surface area contributed by atoms with E-state index >= 15 is 4.39 Å². The van der Waals surface area contributed by atoms with E-state index < -0.39 is 21.8 Å². The van der Waals surface area contributed by atoms with Crippen molar-refractivity contribution in [3.05, 3.63) is 82.2 Å². The third-order valence-corrected chi connectivity index (χ3v) is 7.65. The summed E-state index contributed by atoms with van der Waals surface area (Å²) in [5.41, 5.74) is 3.64. The first kappa shape index (κ1) is 25.4. The Kier molecular flexibility index (Phi) is 6.18. The number of nitrogens with one attached hydrogen (secondary N) is 1. The summed E-state index contributed by atoms with van der Waals surface area (Å²) in [6, 6.07) is 12.2. The van der Waals surface area contributed by atoms with Crippen LogP contribution in [0.25, 0.3) is 22.4 Å². The molecule has 0 saturated carbocycles. The minimum Gasteiger partial charge on any atom is -0.476 e. The number of ether oxygens (including phenoxy) is 1. The predicted octanol–water partition coefficient (Wildman–Crippen LogP) is 3.61. The molecule has 5 rings (SSSR count). The summed E-state index contributed by atoms with van der Waals surface area (Å²) in [7, 11) is -1.71. The molecule has 2 aromatic carbocycles. The lowest BCUT2D eigenvalue weighted by molar-refractivity contribution is -0.125. The Hall–Kier alpha value is -4.25. The normalized spacial score (nSPS) is 15.3. The fourth-order valence-corrected chi connectivity index (χ4v) is 5.33. The van der Waals surface area contributed by atoms with Crippen LogP contribution in [0.5, 0.6) is 5.75 Å². The second-order valence-electron chi connectivity index (χ2n) is 9.27. The van der Waals surface area contributed by atoms with Crippen molar-refractivity contribution in [1.82, 2.24) is 14.8 Å². The molecule has 4 aromatic rings. The Morgan fingerprint density at radius 3 is 2.53 bits per heavy atom. The molecule has 0 radical (unpaired) electrons. The Balaban J connectivity index is 1.64. The molecule has 0 spiro atoms. The molecule has 38 heavy (non-hydrogen) atoms. The van der Waals surface area contributed by atoms with Gasteiger partial charge in [-0.3, -0.25) is 14.3 Å². The van der Waals surface area contributed by atoms with Crippen molar-refractivity contribution in [1.29, 1.82) is 0 Å². The van der Waals surface area contributed by atoms with Gasteiger partial charge in [-0.15, -0.1) is 0 Å². The van der Waals surface area contributed by atoms with Crippen LogP contribution in [0.3, 0.4) is 0 Å². The van der Waals surface area contributed by atoms with Gasteiger partial charge in [0.25, 0.3) is 5.91 Å². The number of nitrogens with zero attached hydrogens (tertiary/aromatic N) is 3. The second-order valence-corrected chi connectivity index (χ2v) is 11.3. The maximum absolute atomic E-state index is 15.4. The molecule has 0 bridgehead atoms. The van der Waals surface area contributed by atoms with Gasteiger partial charge in [0.05, 0.1) is 28.5 Å². The van der Waals surface area contributed by atoms with Crippen LogP contribution in [0.2, 0.25) is 0 Å². The summed E-state index contributed by atoms with van der Waals surface area (Å²) in [5.74, 6) is -1.10. The largest absolute Gasteiger partial charge is 0.476 e. The van der Waals surface area contributed by atoms with Crippen molar-refractivity contribution in [3.63, 3.8) is 0 Å². The highest BCUT2D eigenvalue weighted by molar-refractivity contribution is 7.90. The Labute approximate surface area is 218 Å². The van der Waals surface area contributed by atoms with Crippen LogP contribution < -0.4 is 15.2 Å². The molecule has 0 saturated heterocycles. The summed E-state index contributed by atoms with van der Waals surface area (Å²) in [6.07, 6.45) is 1.75. The van der Waals surface area contributed by atoms with Crippen molar-refractivity contribution in [3.8, 4) is 28.1 Å². The maximum atomic E-state index is 15.4. The van der Waals surface area contributed by atoms with Gasteiger partial charge in [-0.2, -0.15) is 5.10 Å². The molecule has 196 valence electrons. The van der Waals surface area contributed by atoms with Crippen LogP contribution in [0.4, 0.5) is 10.1 Å². The van der Waals surface area contributed by atoms with E-state index in [9.17, 15) is 18.0 Å². The molecule has 2 aromatic heterocycles. The Bertz CT molecular complexity index is 1740. The average Bonchev–Trinajstić information content (AvgIpc) is 3.15. The van der Waals surface area contributed by atoms with Gasteiger partial charge in [-0.1, -0.05) is 12.1 Å². The van der Waals surface area contributed by atoms with Crippen LogP contribution in [-0.2, 0) is 28.2 Å². The van der Waals surface area contributed by atoms with Crippen molar-refractivity contribution >= 4 is 21.4 Å². The average molecular weight is 537 g/mol. The lowest BCUT2D eigenvalue weighted by Gasteiger charge is -2.34. The lowest BCUT2D eigenvalue weighted by Crippen LogP contribution is -2.44. The fraction of sp³-hybridized carbons (Fsp3) is 0.222. The number of aromatic amines is 1. The van der Waals surface area contributed by atoms with Crippen LogP contribution in [-0.4, -0.2) is 41.4 Å². The highest BCUT2D eigenvalue weighted by Crippen LogP contribution is 2.42. The number of halogens is 1. The third-order valence-electron chi connectivity index (χ3n) is 6.54. The molecule has 11 heteroatoms. The van der Waals surface area contributed by atoms with E-state index in [1.807, 2.05) is 6.92 Å². The van der Waals surface area contributed by atoms with E-state index in [1.165, 1.54) is 29.2 Å². The number of carbonyl (C=O) groups excluding carboxylic acids is 1. The number of hydrogen-bond acceptors (Lipinski definition) is 6. The maximum Gasteiger partial charge on any atom is 0.268 e. The van der Waals surface area contributed by atoms with E-state index in [-0.39, 0.29) is 34.3 Å². The van der Waals surface area contributed by atoms with Gasteiger partial charge in [0.15, 0.2) is 27.5 Å². The number of rotatable bonds is 5. The number of amides is 1. The van der Waals surface area contributed by atoms with Gasteiger partial charge in [-0.25, -0.2) is 12.8 Å². The molecule has 9 nitrogen and oxygen atoms in total. The molecule has 0 fully saturated rings. The lowest BCUT2D eigenvalue weighted by atomic mass is 10.0. The van der Waals surface area contributed by atoms with Crippen molar-refractivity contribution in [2.24, 2.45) is 7.05 Å². The summed E-state index contributed by atoms with van der Waals surface area (Å²) in [6.45, 7) is 3.44. The van der Waals surface area contributed by atoms with Crippen LogP contribution in [0.1, 0.15) is 18.2 Å². The van der Waals surface area contributed by atoms with E-state index in [2.05, 4.69) is 10.1 Å². The van der Waals surface area contributed by atoms with E-state index in [4.69, 9.17) is 4.74 Å². The number of sulfone groups is 1. The number of fused-ring (bicyclic) bond motifs is 1. The van der Waals surface area contributed by atoms with Crippen LogP contribution in [0.15, 0.2) is 64.4 Å². The zero-order chi connectivity index (χ0) is 27.4. The van der Waals surface area contributed by atoms with Gasteiger partial charge in [-0.05, 0) is 55.3 Å². The molecule has 0 unspecified atom stereocenters. The second kappa shape index (κ2) is 9.25. The number of pyridine rings is 1. The quantitative estimate of drug-likeness (QED) is 0.417. The predicted molar refractivity (Wildman–Crippen MR) is 140 cm³/mol. The molecule has 3 heterocycles. The van der Waals surface area contributed by atoms with Crippen LogP contribution >= 0.6 is 0 Å². The molecular formula is C27H25FN4O5S. The molecule has 1 amide bonds.